The van der Waals surface area contributed by atoms with Crippen LogP contribution in [0, 0.1) is 0 Å². The van der Waals surface area contributed by atoms with Crippen LogP contribution >= 0.6 is 0 Å². The molecule has 0 saturated heterocycles. The van der Waals surface area contributed by atoms with Gasteiger partial charge in [0, 0.05) is 18.8 Å². The van der Waals surface area contributed by atoms with Gasteiger partial charge in [0.1, 0.15) is 0 Å². The third-order valence-electron chi connectivity index (χ3n) is 1.36. The van der Waals surface area contributed by atoms with Crippen molar-refractivity contribution >= 4 is 12.2 Å². The molecule has 17 heavy (non-hydrogen) atoms. The fourth-order valence-electron chi connectivity index (χ4n) is 0.915. The highest BCUT2D eigenvalue weighted by Crippen LogP contribution is 2.08. The van der Waals surface area contributed by atoms with Gasteiger partial charge in [-0.3, -0.25) is 4.68 Å². The maximum atomic E-state index is 5.24. The predicted molar refractivity (Wildman–Crippen MR) is 80.6 cm³/mol. The Labute approximate surface area is 107 Å². The van der Waals surface area contributed by atoms with E-state index in [0.29, 0.717) is 0 Å². The van der Waals surface area contributed by atoms with E-state index in [1.165, 1.54) is 6.20 Å². The number of hydrogen-bond donors (Lipinski definition) is 1. The van der Waals surface area contributed by atoms with Crippen LogP contribution in [0.1, 0.15) is 52.8 Å². The molecule has 3 heteroatoms. The Balaban J connectivity index is -0.000000285. The summed E-state index contributed by atoms with van der Waals surface area (Å²) in [5, 5.41) is 4.14. The molecule has 0 spiro atoms. The van der Waals surface area contributed by atoms with E-state index in [-0.39, 0.29) is 0 Å². The Morgan fingerprint density at radius 3 is 2.00 bits per heavy atom. The van der Waals surface area contributed by atoms with E-state index in [1.54, 1.807) is 16.8 Å². The van der Waals surface area contributed by atoms with E-state index in [9.17, 15) is 0 Å². The highest BCUT2D eigenvalue weighted by Gasteiger charge is 1.98. The minimum atomic E-state index is 0.856. The summed E-state index contributed by atoms with van der Waals surface area (Å²) in [5.41, 5.74) is 7.09. The van der Waals surface area contributed by atoms with Crippen LogP contribution in [0.15, 0.2) is 19.0 Å². The molecule has 3 nitrogen and oxygen atoms in total. The van der Waals surface area contributed by atoms with Gasteiger partial charge in [0.05, 0.1) is 5.69 Å². The first-order valence-electron chi connectivity index (χ1n) is 6.32. The molecule has 100 valence electrons. The molecule has 1 heterocycles. The van der Waals surface area contributed by atoms with Crippen LogP contribution in [0.25, 0.3) is 12.2 Å². The second-order valence-corrected chi connectivity index (χ2v) is 2.21. The van der Waals surface area contributed by atoms with Crippen LogP contribution < -0.4 is 5.73 Å². The van der Waals surface area contributed by atoms with Crippen LogP contribution in [-0.2, 0) is 7.05 Å². The first-order valence-corrected chi connectivity index (χ1v) is 6.32. The van der Waals surface area contributed by atoms with Crippen molar-refractivity contribution in [2.24, 2.45) is 12.8 Å². The molecule has 0 unspecified atom stereocenters. The quantitative estimate of drug-likeness (QED) is 0.845. The Morgan fingerprint density at radius 1 is 1.18 bits per heavy atom. The molecule has 0 aliphatic heterocycles. The van der Waals surface area contributed by atoms with E-state index in [4.69, 9.17) is 5.73 Å². The number of aryl methyl sites for hydroxylation is 1. The summed E-state index contributed by atoms with van der Waals surface area (Å²) in [5.74, 6) is 0. The molecule has 0 amide bonds. The summed E-state index contributed by atoms with van der Waals surface area (Å²) in [6.07, 6.45) is 6.88. The second-order valence-electron chi connectivity index (χ2n) is 2.21. The number of aromatic nitrogens is 2. The lowest BCUT2D eigenvalue weighted by atomic mass is 10.2. The summed E-state index contributed by atoms with van der Waals surface area (Å²) < 4.78 is 1.73. The zero-order chi connectivity index (χ0) is 14.3. The average Bonchev–Trinajstić information content (AvgIpc) is 2.77. The Morgan fingerprint density at radius 2 is 1.65 bits per heavy atom. The molecule has 0 radical (unpaired) electrons. The summed E-state index contributed by atoms with van der Waals surface area (Å²) in [6, 6.07) is 0. The molecule has 0 aromatic carbocycles. The largest absolute Gasteiger partial charge is 0.405 e. The normalized spacial score (nSPS) is 7.94. The molecule has 0 bridgehead atoms. The van der Waals surface area contributed by atoms with Gasteiger partial charge in [0.2, 0.25) is 0 Å². The standard InChI is InChI=1S/C8H11N3.3C2H6/c1-3-8-7(4-5-9)6-11(2)10-8;3*1-2/h3-6H,1,9H2,2H3;3*1-2H3/b5-4-;;;. The van der Waals surface area contributed by atoms with E-state index in [0.717, 1.165) is 11.3 Å². The summed E-state index contributed by atoms with van der Waals surface area (Å²) in [6.45, 7) is 15.6. The Hall–Kier alpha value is -1.51. The first kappa shape index (κ1) is 20.8. The molecule has 0 fully saturated rings. The predicted octanol–water partition coefficient (Wildman–Crippen LogP) is 4.07. The highest BCUT2D eigenvalue weighted by atomic mass is 15.2. The van der Waals surface area contributed by atoms with Gasteiger partial charge in [-0.05, 0) is 18.4 Å². The third kappa shape index (κ3) is 9.42. The first-order chi connectivity index (χ1) is 8.27. The lowest BCUT2D eigenvalue weighted by molar-refractivity contribution is 0.764. The van der Waals surface area contributed by atoms with Gasteiger partial charge >= 0.3 is 0 Å². The van der Waals surface area contributed by atoms with Crippen molar-refractivity contribution in [3.63, 3.8) is 0 Å². The Bertz CT molecular complexity index is 286. The maximum absolute atomic E-state index is 5.24. The van der Waals surface area contributed by atoms with Gasteiger partial charge < -0.3 is 5.73 Å². The van der Waals surface area contributed by atoms with E-state index < -0.39 is 0 Å². The molecular formula is C14H29N3. The van der Waals surface area contributed by atoms with Gasteiger partial charge in [0.25, 0.3) is 0 Å². The summed E-state index contributed by atoms with van der Waals surface area (Å²) in [4.78, 5) is 0. The van der Waals surface area contributed by atoms with Crippen LogP contribution in [0.4, 0.5) is 0 Å². The summed E-state index contributed by atoms with van der Waals surface area (Å²) in [7, 11) is 1.86. The van der Waals surface area contributed by atoms with Crippen LogP contribution in [-0.4, -0.2) is 9.78 Å². The lowest BCUT2D eigenvalue weighted by Gasteiger charge is -1.84. The lowest BCUT2D eigenvalue weighted by Crippen LogP contribution is -1.86. The minimum absolute atomic E-state index is 0.856. The fourth-order valence-corrected chi connectivity index (χ4v) is 0.915. The molecule has 1 rings (SSSR count). The van der Waals surface area contributed by atoms with Crippen LogP contribution in [0.2, 0.25) is 0 Å². The van der Waals surface area contributed by atoms with E-state index in [2.05, 4.69) is 11.7 Å². The Kier molecular flexibility index (Phi) is 20.7. The van der Waals surface area contributed by atoms with Crippen LogP contribution in [0.3, 0.4) is 0 Å². The molecular weight excluding hydrogens is 210 g/mol. The maximum Gasteiger partial charge on any atom is 0.0917 e. The number of nitrogens with two attached hydrogens (primary N) is 1. The summed E-state index contributed by atoms with van der Waals surface area (Å²) >= 11 is 0. The fraction of sp³-hybridized carbons (Fsp3) is 0.500. The monoisotopic (exact) mass is 239 g/mol. The van der Waals surface area contributed by atoms with Crippen molar-refractivity contribution in [1.82, 2.24) is 9.78 Å². The smallest absolute Gasteiger partial charge is 0.0917 e. The SMILES string of the molecule is C=Cc1nn(C)cc1/C=C\N.CC.CC.CC. The van der Waals surface area contributed by atoms with Gasteiger partial charge in [-0.1, -0.05) is 48.1 Å². The van der Waals surface area contributed by atoms with Crippen molar-refractivity contribution in [2.75, 3.05) is 0 Å². The van der Waals surface area contributed by atoms with Crippen molar-refractivity contribution < 1.29 is 0 Å². The number of nitrogens with zero attached hydrogens (tertiary/aromatic N) is 2. The van der Waals surface area contributed by atoms with Crippen molar-refractivity contribution in [3.05, 3.63) is 30.2 Å². The highest BCUT2D eigenvalue weighted by molar-refractivity contribution is 5.60. The minimum Gasteiger partial charge on any atom is -0.405 e. The topological polar surface area (TPSA) is 43.8 Å². The molecule has 0 aliphatic carbocycles. The van der Waals surface area contributed by atoms with Gasteiger partial charge in [0.15, 0.2) is 0 Å². The van der Waals surface area contributed by atoms with Crippen LogP contribution in [0.5, 0.6) is 0 Å². The van der Waals surface area contributed by atoms with Gasteiger partial charge in [-0.15, -0.1) is 0 Å². The molecule has 0 saturated carbocycles. The number of hydrogen-bond acceptors (Lipinski definition) is 2. The third-order valence-corrected chi connectivity index (χ3v) is 1.36. The molecule has 1 aromatic rings. The van der Waals surface area contributed by atoms with Gasteiger partial charge in [-0.2, -0.15) is 5.10 Å². The second kappa shape index (κ2) is 16.9. The molecule has 1 aromatic heterocycles. The van der Waals surface area contributed by atoms with E-state index >= 15 is 0 Å². The molecule has 0 atom stereocenters. The zero-order valence-corrected chi connectivity index (χ0v) is 12.5. The zero-order valence-electron chi connectivity index (χ0n) is 12.5. The van der Waals surface area contributed by atoms with Crippen molar-refractivity contribution in [2.45, 2.75) is 41.5 Å². The van der Waals surface area contributed by atoms with Crippen molar-refractivity contribution in [3.8, 4) is 0 Å². The molecule has 0 aliphatic rings. The van der Waals surface area contributed by atoms with Gasteiger partial charge in [-0.25, -0.2) is 0 Å². The van der Waals surface area contributed by atoms with Crippen molar-refractivity contribution in [1.29, 1.82) is 0 Å². The molecule has 2 N–H and O–H groups in total. The average molecular weight is 239 g/mol. The van der Waals surface area contributed by atoms with E-state index in [1.807, 2.05) is 54.8 Å². The number of rotatable bonds is 2.